The zero-order valence-corrected chi connectivity index (χ0v) is 22.1. The van der Waals surface area contributed by atoms with Crippen LogP contribution in [0.25, 0.3) is 22.4 Å². The van der Waals surface area contributed by atoms with Crippen LogP contribution in [0.2, 0.25) is 0 Å². The molecule has 0 bridgehead atoms. The van der Waals surface area contributed by atoms with Crippen molar-refractivity contribution in [3.63, 3.8) is 0 Å². The molecule has 3 rings (SSSR count). The first-order chi connectivity index (χ1) is 17.1. The Morgan fingerprint density at radius 3 is 2.14 bits per heavy atom. The smallest absolute Gasteiger partial charge is 0.420 e. The molecule has 0 saturated heterocycles. The molecule has 6 nitrogen and oxygen atoms in total. The van der Waals surface area contributed by atoms with Crippen LogP contribution in [0.5, 0.6) is 5.75 Å². The summed E-state index contributed by atoms with van der Waals surface area (Å²) in [4.78, 5) is 28.5. The highest BCUT2D eigenvalue weighted by atomic mass is 31.1. The highest BCUT2D eigenvalue weighted by Crippen LogP contribution is 2.46. The van der Waals surface area contributed by atoms with Crippen molar-refractivity contribution in [3.05, 3.63) is 71.7 Å². The minimum atomic E-state index is -3.11. The molecule has 3 unspecified atom stereocenters. The van der Waals surface area contributed by atoms with Gasteiger partial charge in [0.2, 0.25) is 0 Å². The molecule has 0 amide bonds. The van der Waals surface area contributed by atoms with Crippen LogP contribution in [0.1, 0.15) is 58.2 Å². The van der Waals surface area contributed by atoms with E-state index >= 15 is 0 Å². The minimum Gasteiger partial charge on any atom is -0.420 e. The van der Waals surface area contributed by atoms with Gasteiger partial charge in [0.25, 0.3) is 0 Å². The molecule has 0 aliphatic heterocycles. The van der Waals surface area contributed by atoms with Gasteiger partial charge in [0.05, 0.1) is 11.4 Å². The van der Waals surface area contributed by atoms with Crippen LogP contribution in [0, 0.1) is 5.82 Å². The second kappa shape index (κ2) is 11.4. The van der Waals surface area contributed by atoms with E-state index in [0.717, 1.165) is 11.1 Å². The third-order valence-corrected chi connectivity index (χ3v) is 8.04. The zero-order valence-electron chi connectivity index (χ0n) is 21.2. The van der Waals surface area contributed by atoms with Crippen molar-refractivity contribution >= 4 is 14.0 Å². The zero-order chi connectivity index (χ0) is 26.6. The lowest BCUT2D eigenvalue weighted by molar-refractivity contribution is -0.140. The molecule has 36 heavy (non-hydrogen) atoms. The fourth-order valence-corrected chi connectivity index (χ4v) is 5.17. The van der Waals surface area contributed by atoms with Gasteiger partial charge in [-0.2, -0.15) is 4.89 Å². The lowest BCUT2D eigenvalue weighted by Crippen LogP contribution is -2.47. The summed E-state index contributed by atoms with van der Waals surface area (Å²) in [5, 5.41) is 8.36. The Balaban J connectivity index is 2.39. The first-order valence-corrected chi connectivity index (χ1v) is 13.2. The molecule has 3 aromatic rings. The van der Waals surface area contributed by atoms with Crippen LogP contribution in [0.15, 0.2) is 54.6 Å². The van der Waals surface area contributed by atoms with E-state index in [4.69, 9.17) is 9.72 Å². The highest BCUT2D eigenvalue weighted by molar-refractivity contribution is 7.41. The Labute approximate surface area is 212 Å². The quantitative estimate of drug-likeness (QED) is 0.254. The third-order valence-electron chi connectivity index (χ3n) is 6.48. The molecule has 0 radical (unpaired) electrons. The molecule has 0 aliphatic carbocycles. The van der Waals surface area contributed by atoms with Crippen LogP contribution in [-0.4, -0.2) is 32.2 Å². The first-order valence-electron chi connectivity index (χ1n) is 12.0. The lowest BCUT2D eigenvalue weighted by atomic mass is 9.90. The number of halogens is 1. The number of hydrogen-bond acceptors (Lipinski definition) is 5. The number of rotatable bonds is 9. The van der Waals surface area contributed by atoms with E-state index in [1.54, 1.807) is 19.1 Å². The van der Waals surface area contributed by atoms with E-state index in [-0.39, 0.29) is 18.1 Å². The summed E-state index contributed by atoms with van der Waals surface area (Å²) in [6.07, 6.45) is -1.01. The predicted octanol–water partition coefficient (Wildman–Crippen LogP) is 6.41. The topological polar surface area (TPSA) is 96.7 Å². The predicted molar refractivity (Wildman–Crippen MR) is 139 cm³/mol. The summed E-state index contributed by atoms with van der Waals surface area (Å²) < 4.78 is 32.1. The van der Waals surface area contributed by atoms with Crippen molar-refractivity contribution in [3.8, 4) is 28.1 Å². The van der Waals surface area contributed by atoms with Gasteiger partial charge < -0.3 is 9.84 Å². The average Bonchev–Trinajstić information content (AvgIpc) is 2.84. The normalized spacial score (nSPS) is 14.3. The molecule has 190 valence electrons. The van der Waals surface area contributed by atoms with Crippen LogP contribution in [-0.2, 0) is 15.8 Å². The second-order valence-electron chi connectivity index (χ2n) is 9.03. The van der Waals surface area contributed by atoms with Crippen LogP contribution < -0.4 is 4.74 Å². The van der Waals surface area contributed by atoms with E-state index in [1.807, 2.05) is 51.1 Å². The summed E-state index contributed by atoms with van der Waals surface area (Å²) in [6, 6.07) is 15.5. The number of aromatic nitrogens is 1. The van der Waals surface area contributed by atoms with Crippen molar-refractivity contribution in [2.24, 2.45) is 0 Å². The van der Waals surface area contributed by atoms with Gasteiger partial charge in [0.1, 0.15) is 11.9 Å². The number of ether oxygens (including phenoxy) is 1. The van der Waals surface area contributed by atoms with E-state index in [9.17, 15) is 23.7 Å². The van der Waals surface area contributed by atoms with Crippen molar-refractivity contribution in [2.45, 2.75) is 64.6 Å². The van der Waals surface area contributed by atoms with Gasteiger partial charge in [0, 0.05) is 17.5 Å². The Bertz CT molecular complexity index is 1250. The summed E-state index contributed by atoms with van der Waals surface area (Å²) in [5.41, 5.74) is 4.03. The molecule has 0 aliphatic rings. The molecule has 8 heteroatoms. The van der Waals surface area contributed by atoms with Gasteiger partial charge in [-0.25, -0.2) is 14.2 Å². The molecule has 0 saturated carbocycles. The number of pyridine rings is 1. The fourth-order valence-electron chi connectivity index (χ4n) is 4.38. The number of aliphatic hydroxyl groups excluding tert-OH is 1. The second-order valence-corrected chi connectivity index (χ2v) is 10.4. The molecule has 3 atom stereocenters. The number of aliphatic hydroxyl groups is 1. The standard InChI is InChI=1S/C28H31FNO5P/c1-6-22-23(19-13-15-21(29)16-14-19)26(35-27(32)28(7-2,18(5)31)36(33)34)24(17(3)4)30-25(22)20-11-9-8-10-12-20/h8-18,31H,6-7H2,1-5H3/p+1. The van der Waals surface area contributed by atoms with Crippen molar-refractivity contribution in [1.82, 2.24) is 4.98 Å². The maximum atomic E-state index is 13.8. The van der Waals surface area contributed by atoms with Crippen molar-refractivity contribution in [2.75, 3.05) is 0 Å². The molecular formula is C28H32FNO5P+. The molecule has 0 spiro atoms. The van der Waals surface area contributed by atoms with Crippen LogP contribution >= 0.6 is 8.03 Å². The Kier molecular flexibility index (Phi) is 8.72. The summed E-state index contributed by atoms with van der Waals surface area (Å²) in [6.45, 7) is 8.61. The van der Waals surface area contributed by atoms with Gasteiger partial charge >= 0.3 is 19.2 Å². The summed E-state index contributed by atoms with van der Waals surface area (Å²) >= 11 is 0. The number of nitrogens with zero attached hydrogens (tertiary/aromatic N) is 1. The van der Waals surface area contributed by atoms with Crippen LogP contribution in [0.3, 0.4) is 0 Å². The third kappa shape index (κ3) is 5.10. The van der Waals surface area contributed by atoms with E-state index in [0.29, 0.717) is 28.9 Å². The van der Waals surface area contributed by atoms with E-state index in [2.05, 4.69) is 0 Å². The Morgan fingerprint density at radius 2 is 1.67 bits per heavy atom. The van der Waals surface area contributed by atoms with Gasteiger partial charge in [-0.3, -0.25) is 0 Å². The number of carbonyl (C=O) groups excluding carboxylic acids is 1. The molecule has 1 aromatic heterocycles. The molecule has 2 aromatic carbocycles. The maximum Gasteiger partial charge on any atom is 0.526 e. The molecule has 1 heterocycles. The fraction of sp³-hybridized carbons (Fsp3) is 0.357. The van der Waals surface area contributed by atoms with Gasteiger partial charge in [-0.1, -0.05) is 70.2 Å². The molecule has 2 N–H and O–H groups in total. The summed E-state index contributed by atoms with van der Waals surface area (Å²) in [5.74, 6) is -1.46. The Morgan fingerprint density at radius 1 is 1.06 bits per heavy atom. The largest absolute Gasteiger partial charge is 0.526 e. The van der Waals surface area contributed by atoms with E-state index in [1.165, 1.54) is 19.1 Å². The van der Waals surface area contributed by atoms with Gasteiger partial charge in [-0.05, 0) is 47.1 Å². The van der Waals surface area contributed by atoms with E-state index < -0.39 is 31.1 Å². The highest BCUT2D eigenvalue weighted by Gasteiger charge is 2.61. The van der Waals surface area contributed by atoms with Crippen molar-refractivity contribution < 1.29 is 28.5 Å². The summed E-state index contributed by atoms with van der Waals surface area (Å²) in [7, 11) is -3.11. The van der Waals surface area contributed by atoms with Crippen LogP contribution in [0.4, 0.5) is 4.39 Å². The molecule has 0 fully saturated rings. The maximum absolute atomic E-state index is 13.8. The Hall–Kier alpha value is -2.99. The average molecular weight is 513 g/mol. The van der Waals surface area contributed by atoms with Crippen molar-refractivity contribution in [1.29, 1.82) is 0 Å². The number of hydrogen-bond donors (Lipinski definition) is 2. The SMILES string of the molecule is CCc1c(-c2ccccc2)nc(C(C)C)c(OC(=O)C(CC)(C(C)O)[P+](=O)O)c1-c1ccc(F)cc1. The van der Waals surface area contributed by atoms with Gasteiger partial charge in [0.15, 0.2) is 5.75 Å². The number of esters is 1. The lowest BCUT2D eigenvalue weighted by Gasteiger charge is -2.25. The minimum absolute atomic E-state index is 0.103. The first kappa shape index (κ1) is 27.6. The molecular weight excluding hydrogens is 480 g/mol. The number of benzene rings is 2. The van der Waals surface area contributed by atoms with Gasteiger partial charge in [-0.15, -0.1) is 0 Å². The monoisotopic (exact) mass is 512 g/mol. The number of carbonyl (C=O) groups is 1.